The minimum absolute atomic E-state index is 0.0573. The van der Waals surface area contributed by atoms with Gasteiger partial charge in [0, 0.05) is 14.0 Å². The van der Waals surface area contributed by atoms with Crippen LogP contribution in [-0.2, 0) is 0 Å². The molecule has 0 aliphatic carbocycles. The van der Waals surface area contributed by atoms with Gasteiger partial charge in [-0.25, -0.2) is 0 Å². The van der Waals surface area contributed by atoms with Gasteiger partial charge in [0.25, 0.3) is 0 Å². The summed E-state index contributed by atoms with van der Waals surface area (Å²) in [6.07, 6.45) is 0. The average molecular weight is 420 g/mol. The number of methoxy groups -OCH3 is 1. The number of nitrogens with one attached hydrogen (secondary N) is 1. The quantitative estimate of drug-likeness (QED) is 0.737. The molecule has 106 valence electrons. The molecule has 1 N–H and O–H groups in total. The lowest BCUT2D eigenvalue weighted by Crippen LogP contribution is -2.18. The summed E-state index contributed by atoms with van der Waals surface area (Å²) >= 11 is 13.2. The molecule has 0 amide bonds. The molecule has 0 saturated carbocycles. The lowest BCUT2D eigenvalue weighted by Gasteiger charge is -2.20. The first kappa shape index (κ1) is 15.8. The Morgan fingerprint density at radius 3 is 2.15 bits per heavy atom. The van der Waals surface area contributed by atoms with Gasteiger partial charge in [-0.3, -0.25) is 0 Å². The van der Waals surface area contributed by atoms with Gasteiger partial charge in [0.15, 0.2) is 0 Å². The van der Waals surface area contributed by atoms with E-state index in [-0.39, 0.29) is 6.04 Å². The van der Waals surface area contributed by atoms with E-state index in [1.54, 1.807) is 7.11 Å². The van der Waals surface area contributed by atoms with Gasteiger partial charge in [0.05, 0.1) is 13.2 Å². The van der Waals surface area contributed by atoms with Crippen molar-refractivity contribution in [1.82, 2.24) is 5.32 Å². The minimum Gasteiger partial charge on any atom is -0.497 e. The third-order valence-corrected chi connectivity index (χ3v) is 4.69. The van der Waals surface area contributed by atoms with Crippen LogP contribution in [0.2, 0.25) is 5.02 Å². The lowest BCUT2D eigenvalue weighted by molar-refractivity contribution is 0.414. The Morgan fingerprint density at radius 2 is 1.65 bits per heavy atom. The van der Waals surface area contributed by atoms with Crippen molar-refractivity contribution in [2.75, 3.05) is 14.2 Å². The van der Waals surface area contributed by atoms with Gasteiger partial charge < -0.3 is 10.1 Å². The van der Waals surface area contributed by atoms with Crippen LogP contribution in [-0.4, -0.2) is 14.2 Å². The molecule has 2 rings (SSSR count). The van der Waals surface area contributed by atoms with Gasteiger partial charge in [0.1, 0.15) is 5.75 Å². The van der Waals surface area contributed by atoms with Crippen molar-refractivity contribution in [3.8, 4) is 5.75 Å². The van der Waals surface area contributed by atoms with E-state index in [2.05, 4.69) is 37.2 Å². The highest BCUT2D eigenvalue weighted by molar-refractivity contribution is 9.10. The normalized spacial score (nSPS) is 12.2. The number of ether oxygens (including phenoxy) is 1. The molecular weight excluding hydrogens is 405 g/mol. The molecule has 0 bridgehead atoms. The summed E-state index contributed by atoms with van der Waals surface area (Å²) in [6.45, 7) is 0. The van der Waals surface area contributed by atoms with Gasteiger partial charge in [-0.15, -0.1) is 0 Å². The average Bonchev–Trinajstić information content (AvgIpc) is 2.43. The van der Waals surface area contributed by atoms with Gasteiger partial charge in [-0.05, 0) is 42.4 Å². The first-order valence-corrected chi connectivity index (χ1v) is 7.99. The fourth-order valence-electron chi connectivity index (χ4n) is 2.08. The molecule has 1 atom stereocenters. The van der Waals surface area contributed by atoms with Crippen molar-refractivity contribution in [1.29, 1.82) is 0 Å². The lowest BCUT2D eigenvalue weighted by atomic mass is 9.99. The Balaban J connectivity index is 2.47. The minimum atomic E-state index is 0.0573. The molecule has 0 saturated heterocycles. The third kappa shape index (κ3) is 3.37. The molecule has 0 fully saturated rings. The van der Waals surface area contributed by atoms with Gasteiger partial charge in [0.2, 0.25) is 0 Å². The highest BCUT2D eigenvalue weighted by Crippen LogP contribution is 2.35. The van der Waals surface area contributed by atoms with E-state index in [4.69, 9.17) is 16.3 Å². The monoisotopic (exact) mass is 417 g/mol. The Bertz CT molecular complexity index is 619. The first-order chi connectivity index (χ1) is 9.56. The van der Waals surface area contributed by atoms with E-state index < -0.39 is 0 Å². The van der Waals surface area contributed by atoms with Crippen molar-refractivity contribution in [3.05, 3.63) is 61.5 Å². The smallest absolute Gasteiger partial charge is 0.120 e. The maximum Gasteiger partial charge on any atom is 0.120 e. The maximum absolute atomic E-state index is 6.01. The van der Waals surface area contributed by atoms with Crippen LogP contribution >= 0.6 is 43.5 Å². The zero-order chi connectivity index (χ0) is 14.7. The van der Waals surface area contributed by atoms with Crippen molar-refractivity contribution in [2.45, 2.75) is 6.04 Å². The predicted octanol–water partition coefficient (Wildman–Crippen LogP) is 5.18. The molecule has 0 aromatic heterocycles. The highest BCUT2D eigenvalue weighted by atomic mass is 79.9. The van der Waals surface area contributed by atoms with Gasteiger partial charge in [-0.2, -0.15) is 0 Å². The SMILES string of the molecule is CNC(c1ccc(Cl)cc1Br)c1ccc(OC)cc1Br. The fraction of sp³-hybridized carbons (Fsp3) is 0.200. The summed E-state index contributed by atoms with van der Waals surface area (Å²) in [5.74, 6) is 0.825. The van der Waals surface area contributed by atoms with Crippen LogP contribution in [0.15, 0.2) is 45.3 Å². The van der Waals surface area contributed by atoms with Crippen LogP contribution in [0.1, 0.15) is 17.2 Å². The number of hydrogen-bond donors (Lipinski definition) is 1. The number of rotatable bonds is 4. The fourth-order valence-corrected chi connectivity index (χ4v) is 3.58. The molecule has 0 aliphatic rings. The maximum atomic E-state index is 6.01. The van der Waals surface area contributed by atoms with Crippen LogP contribution in [0.3, 0.4) is 0 Å². The summed E-state index contributed by atoms with van der Waals surface area (Å²) in [4.78, 5) is 0. The second-order valence-corrected chi connectivity index (χ2v) is 6.42. The number of hydrogen-bond acceptors (Lipinski definition) is 2. The van der Waals surface area contributed by atoms with E-state index in [0.717, 1.165) is 25.8 Å². The van der Waals surface area contributed by atoms with Gasteiger partial charge >= 0.3 is 0 Å². The molecule has 2 aromatic rings. The molecule has 0 spiro atoms. The molecular formula is C15H14Br2ClNO. The summed E-state index contributed by atoms with van der Waals surface area (Å²) < 4.78 is 7.21. The van der Waals surface area contributed by atoms with E-state index >= 15 is 0 Å². The van der Waals surface area contributed by atoms with Crippen LogP contribution in [0.4, 0.5) is 0 Å². The van der Waals surface area contributed by atoms with E-state index in [1.165, 1.54) is 0 Å². The van der Waals surface area contributed by atoms with Gasteiger partial charge in [-0.1, -0.05) is 55.6 Å². The second-order valence-electron chi connectivity index (χ2n) is 4.27. The van der Waals surface area contributed by atoms with Crippen LogP contribution in [0, 0.1) is 0 Å². The van der Waals surface area contributed by atoms with Crippen LogP contribution in [0.25, 0.3) is 0 Å². The molecule has 2 aromatic carbocycles. The van der Waals surface area contributed by atoms with Crippen molar-refractivity contribution >= 4 is 43.5 Å². The largest absolute Gasteiger partial charge is 0.497 e. The molecule has 0 radical (unpaired) electrons. The molecule has 0 aliphatic heterocycles. The Morgan fingerprint density at radius 1 is 1.05 bits per heavy atom. The second kappa shape index (κ2) is 6.94. The zero-order valence-corrected chi connectivity index (χ0v) is 15.0. The molecule has 0 heterocycles. The predicted molar refractivity (Wildman–Crippen MR) is 90.7 cm³/mol. The number of halogens is 3. The molecule has 1 unspecified atom stereocenters. The third-order valence-electron chi connectivity index (χ3n) is 3.08. The van der Waals surface area contributed by atoms with Crippen molar-refractivity contribution in [3.63, 3.8) is 0 Å². The first-order valence-electron chi connectivity index (χ1n) is 6.02. The Hall–Kier alpha value is -0.550. The Kier molecular flexibility index (Phi) is 5.49. The summed E-state index contributed by atoms with van der Waals surface area (Å²) in [5, 5.41) is 4.04. The highest BCUT2D eigenvalue weighted by Gasteiger charge is 2.18. The van der Waals surface area contributed by atoms with Crippen molar-refractivity contribution in [2.24, 2.45) is 0 Å². The van der Waals surface area contributed by atoms with E-state index in [9.17, 15) is 0 Å². The molecule has 2 nitrogen and oxygen atoms in total. The molecule has 5 heteroatoms. The zero-order valence-electron chi connectivity index (χ0n) is 11.1. The molecule has 20 heavy (non-hydrogen) atoms. The van der Waals surface area contributed by atoms with E-state index in [1.807, 2.05) is 43.4 Å². The summed E-state index contributed by atoms with van der Waals surface area (Å²) in [5.41, 5.74) is 2.26. The van der Waals surface area contributed by atoms with Crippen LogP contribution < -0.4 is 10.1 Å². The summed E-state index contributed by atoms with van der Waals surface area (Å²) in [6, 6.07) is 11.8. The number of benzene rings is 2. The topological polar surface area (TPSA) is 21.3 Å². The standard InChI is InChI=1S/C15H14Br2ClNO/c1-19-15(11-5-3-9(18)7-13(11)16)12-6-4-10(20-2)8-14(12)17/h3-8,15,19H,1-2H3. The summed E-state index contributed by atoms with van der Waals surface area (Å²) in [7, 11) is 3.59. The van der Waals surface area contributed by atoms with E-state index in [0.29, 0.717) is 5.02 Å². The Labute approximate surface area is 140 Å². The van der Waals surface area contributed by atoms with Crippen LogP contribution in [0.5, 0.6) is 5.75 Å². The van der Waals surface area contributed by atoms with Crippen molar-refractivity contribution < 1.29 is 4.74 Å².